The molecule has 1 atom stereocenters. The first-order valence-electron chi connectivity index (χ1n) is 11.2. The second-order valence-corrected chi connectivity index (χ2v) is 9.50. The molecule has 0 saturated carbocycles. The molecule has 170 valence electrons. The van der Waals surface area contributed by atoms with E-state index < -0.39 is 0 Å². The van der Waals surface area contributed by atoms with Gasteiger partial charge in [0, 0.05) is 5.56 Å². The van der Waals surface area contributed by atoms with Crippen molar-refractivity contribution in [3.05, 3.63) is 95.1 Å². The van der Waals surface area contributed by atoms with E-state index >= 15 is 0 Å². The summed E-state index contributed by atoms with van der Waals surface area (Å²) >= 11 is 0. The van der Waals surface area contributed by atoms with E-state index in [4.69, 9.17) is 4.74 Å². The lowest BCUT2D eigenvalue weighted by Gasteiger charge is -2.31. The van der Waals surface area contributed by atoms with E-state index in [9.17, 15) is 9.59 Å². The maximum atomic E-state index is 12.7. The SMILES string of the molecule is CC(NC(=O)c1ccc(CN2C(=O)COc3ccc(C(C)(C)C)cc32)cc1)c1ccccc1. The molecule has 3 aromatic rings. The van der Waals surface area contributed by atoms with Crippen LogP contribution in [0.1, 0.15) is 60.8 Å². The van der Waals surface area contributed by atoms with E-state index in [1.807, 2.05) is 61.5 Å². The molecule has 0 bridgehead atoms. The first-order valence-corrected chi connectivity index (χ1v) is 11.2. The fraction of sp³-hybridized carbons (Fsp3) is 0.286. The molecule has 33 heavy (non-hydrogen) atoms. The number of anilines is 1. The van der Waals surface area contributed by atoms with E-state index in [1.54, 1.807) is 17.0 Å². The fourth-order valence-corrected chi connectivity index (χ4v) is 3.89. The Labute approximate surface area is 195 Å². The molecule has 1 aliphatic rings. The Kier molecular flexibility index (Phi) is 6.23. The Hall–Kier alpha value is -3.60. The number of rotatable bonds is 5. The third-order valence-electron chi connectivity index (χ3n) is 5.97. The molecule has 2 amide bonds. The normalized spacial score (nSPS) is 14.3. The van der Waals surface area contributed by atoms with Gasteiger partial charge >= 0.3 is 0 Å². The monoisotopic (exact) mass is 442 g/mol. The molecule has 1 unspecified atom stereocenters. The molecule has 5 heteroatoms. The zero-order chi connectivity index (χ0) is 23.6. The zero-order valence-electron chi connectivity index (χ0n) is 19.6. The summed E-state index contributed by atoms with van der Waals surface area (Å²) in [6.07, 6.45) is 0. The molecular formula is C28H30N2O3. The van der Waals surface area contributed by atoms with Crippen molar-refractivity contribution >= 4 is 17.5 Å². The van der Waals surface area contributed by atoms with Crippen LogP contribution in [0.25, 0.3) is 0 Å². The molecule has 0 radical (unpaired) electrons. The molecule has 3 aromatic carbocycles. The minimum atomic E-state index is -0.125. The van der Waals surface area contributed by atoms with Gasteiger partial charge in [0.05, 0.1) is 18.3 Å². The molecule has 0 saturated heterocycles. The van der Waals surface area contributed by atoms with Gasteiger partial charge in [0.1, 0.15) is 5.75 Å². The van der Waals surface area contributed by atoms with Crippen LogP contribution < -0.4 is 15.0 Å². The summed E-state index contributed by atoms with van der Waals surface area (Å²) in [5.74, 6) is 0.515. The first kappa shape index (κ1) is 22.6. The number of ether oxygens (including phenoxy) is 1. The van der Waals surface area contributed by atoms with Crippen LogP contribution in [0.3, 0.4) is 0 Å². The van der Waals surface area contributed by atoms with Crippen molar-refractivity contribution in [3.8, 4) is 5.75 Å². The smallest absolute Gasteiger partial charge is 0.265 e. The van der Waals surface area contributed by atoms with Crippen molar-refractivity contribution in [1.82, 2.24) is 5.32 Å². The van der Waals surface area contributed by atoms with E-state index in [-0.39, 0.29) is 29.9 Å². The van der Waals surface area contributed by atoms with Gasteiger partial charge in [-0.2, -0.15) is 0 Å². The van der Waals surface area contributed by atoms with Gasteiger partial charge in [-0.1, -0.05) is 69.3 Å². The second kappa shape index (κ2) is 9.10. The van der Waals surface area contributed by atoms with Crippen molar-refractivity contribution in [1.29, 1.82) is 0 Å². The maximum Gasteiger partial charge on any atom is 0.265 e. The maximum absolute atomic E-state index is 12.7. The highest BCUT2D eigenvalue weighted by molar-refractivity contribution is 5.98. The molecule has 1 aliphatic heterocycles. The topological polar surface area (TPSA) is 58.6 Å². The predicted molar refractivity (Wildman–Crippen MR) is 131 cm³/mol. The number of hydrogen-bond donors (Lipinski definition) is 1. The number of carbonyl (C=O) groups excluding carboxylic acids is 2. The van der Waals surface area contributed by atoms with Gasteiger partial charge in [0.25, 0.3) is 11.8 Å². The average molecular weight is 443 g/mol. The van der Waals surface area contributed by atoms with E-state index in [0.29, 0.717) is 17.9 Å². The highest BCUT2D eigenvalue weighted by Crippen LogP contribution is 2.37. The molecule has 5 nitrogen and oxygen atoms in total. The van der Waals surface area contributed by atoms with Crippen LogP contribution in [0, 0.1) is 0 Å². The van der Waals surface area contributed by atoms with Crippen LogP contribution >= 0.6 is 0 Å². The van der Waals surface area contributed by atoms with Crippen LogP contribution in [-0.2, 0) is 16.8 Å². The number of nitrogens with one attached hydrogen (secondary N) is 1. The second-order valence-electron chi connectivity index (χ2n) is 9.50. The number of hydrogen-bond acceptors (Lipinski definition) is 3. The van der Waals surface area contributed by atoms with Crippen molar-refractivity contribution < 1.29 is 14.3 Å². The summed E-state index contributed by atoms with van der Waals surface area (Å²) in [6.45, 7) is 8.85. The van der Waals surface area contributed by atoms with Crippen LogP contribution in [0.2, 0.25) is 0 Å². The van der Waals surface area contributed by atoms with Crippen molar-refractivity contribution in [2.75, 3.05) is 11.5 Å². The quantitative estimate of drug-likeness (QED) is 0.576. The summed E-state index contributed by atoms with van der Waals surface area (Å²) in [5, 5.41) is 3.03. The molecule has 1 N–H and O–H groups in total. The van der Waals surface area contributed by atoms with Crippen LogP contribution in [0.4, 0.5) is 5.69 Å². The Morgan fingerprint density at radius 3 is 2.39 bits per heavy atom. The summed E-state index contributed by atoms with van der Waals surface area (Å²) in [5.41, 5.74) is 4.49. The zero-order valence-corrected chi connectivity index (χ0v) is 19.6. The third kappa shape index (κ3) is 5.08. The van der Waals surface area contributed by atoms with Crippen molar-refractivity contribution in [3.63, 3.8) is 0 Å². The standard InChI is InChI=1S/C28H30N2O3/c1-19(21-8-6-5-7-9-21)29-27(32)22-12-10-20(11-13-22)17-30-24-16-23(28(2,3)4)14-15-25(24)33-18-26(30)31/h5-16,19H,17-18H2,1-4H3,(H,29,32). The van der Waals surface area contributed by atoms with Gasteiger partial charge in [-0.3, -0.25) is 9.59 Å². The van der Waals surface area contributed by atoms with E-state index in [0.717, 1.165) is 22.4 Å². The van der Waals surface area contributed by atoms with E-state index in [1.165, 1.54) is 0 Å². The van der Waals surface area contributed by atoms with Gasteiger partial charge < -0.3 is 15.0 Å². The lowest BCUT2D eigenvalue weighted by atomic mass is 9.86. The fourth-order valence-electron chi connectivity index (χ4n) is 3.89. The van der Waals surface area contributed by atoms with E-state index in [2.05, 4.69) is 32.2 Å². The van der Waals surface area contributed by atoms with Gasteiger partial charge in [0.2, 0.25) is 0 Å². The minimum Gasteiger partial charge on any atom is -0.482 e. The molecule has 0 aliphatic carbocycles. The Morgan fingerprint density at radius 1 is 1.03 bits per heavy atom. The summed E-state index contributed by atoms with van der Waals surface area (Å²) in [7, 11) is 0. The van der Waals surface area contributed by atoms with Crippen LogP contribution in [0.15, 0.2) is 72.8 Å². The van der Waals surface area contributed by atoms with Gasteiger partial charge in [-0.25, -0.2) is 0 Å². The van der Waals surface area contributed by atoms with Gasteiger partial charge in [0.15, 0.2) is 6.61 Å². The summed E-state index contributed by atoms with van der Waals surface area (Å²) < 4.78 is 5.65. The number of benzene rings is 3. The third-order valence-corrected chi connectivity index (χ3v) is 5.97. The highest BCUT2D eigenvalue weighted by atomic mass is 16.5. The first-order chi connectivity index (χ1) is 15.7. The molecule has 1 heterocycles. The Balaban J connectivity index is 1.49. The van der Waals surface area contributed by atoms with Crippen LogP contribution in [0.5, 0.6) is 5.75 Å². The number of amides is 2. The molecule has 0 aromatic heterocycles. The molecule has 0 spiro atoms. The lowest BCUT2D eigenvalue weighted by molar-refractivity contribution is -0.121. The minimum absolute atomic E-state index is 0.0275. The number of carbonyl (C=O) groups is 2. The number of nitrogens with zero attached hydrogens (tertiary/aromatic N) is 1. The van der Waals surface area contributed by atoms with Crippen LogP contribution in [-0.4, -0.2) is 18.4 Å². The summed E-state index contributed by atoms with van der Waals surface area (Å²) in [4.78, 5) is 27.1. The average Bonchev–Trinajstić information content (AvgIpc) is 2.81. The van der Waals surface area contributed by atoms with Crippen molar-refractivity contribution in [2.45, 2.75) is 45.7 Å². The van der Waals surface area contributed by atoms with Gasteiger partial charge in [-0.05, 0) is 53.3 Å². The molecule has 0 fully saturated rings. The summed E-state index contributed by atoms with van der Waals surface area (Å²) in [6, 6.07) is 23.2. The molecule has 4 rings (SSSR count). The molecular weight excluding hydrogens is 412 g/mol. The van der Waals surface area contributed by atoms with Gasteiger partial charge in [-0.15, -0.1) is 0 Å². The highest BCUT2D eigenvalue weighted by Gasteiger charge is 2.27. The predicted octanol–water partition coefficient (Wildman–Crippen LogP) is 5.40. The lowest BCUT2D eigenvalue weighted by Crippen LogP contribution is -2.38. The largest absolute Gasteiger partial charge is 0.482 e. The van der Waals surface area contributed by atoms with Crippen molar-refractivity contribution in [2.24, 2.45) is 0 Å². The Bertz CT molecular complexity index is 1150. The Morgan fingerprint density at radius 2 is 1.73 bits per heavy atom. The number of fused-ring (bicyclic) bond motifs is 1.